The van der Waals surface area contributed by atoms with E-state index in [9.17, 15) is 4.79 Å². The van der Waals surface area contributed by atoms with Gasteiger partial charge in [-0.3, -0.25) is 9.89 Å². The van der Waals surface area contributed by atoms with Gasteiger partial charge in [0.15, 0.2) is 0 Å². The maximum atomic E-state index is 12.2. The van der Waals surface area contributed by atoms with Gasteiger partial charge in [0.2, 0.25) is 5.82 Å². The topological polar surface area (TPSA) is 83.6 Å². The third kappa shape index (κ3) is 3.47. The molecule has 2 N–H and O–H groups in total. The second-order valence-electron chi connectivity index (χ2n) is 6.14. The summed E-state index contributed by atoms with van der Waals surface area (Å²) in [7, 11) is 0. The number of aryl methyl sites for hydroxylation is 2. The second kappa shape index (κ2) is 5.55. The number of hydrogen-bond acceptors (Lipinski definition) is 5. The molecule has 2 rings (SSSR count). The van der Waals surface area contributed by atoms with Gasteiger partial charge in [-0.1, -0.05) is 20.8 Å². The van der Waals surface area contributed by atoms with Crippen molar-refractivity contribution in [2.24, 2.45) is 0 Å². The minimum Gasteiger partial charge on any atom is -0.342 e. The average molecular weight is 307 g/mol. The van der Waals surface area contributed by atoms with E-state index in [2.05, 4.69) is 25.5 Å². The van der Waals surface area contributed by atoms with Crippen molar-refractivity contribution in [1.29, 1.82) is 0 Å². The summed E-state index contributed by atoms with van der Waals surface area (Å²) in [5.41, 5.74) is 0.790. The number of rotatable bonds is 3. The number of aromatic nitrogens is 4. The Morgan fingerprint density at radius 3 is 2.43 bits per heavy atom. The van der Waals surface area contributed by atoms with Crippen LogP contribution in [0.5, 0.6) is 0 Å². The molecule has 2 aromatic heterocycles. The molecule has 0 spiro atoms. The van der Waals surface area contributed by atoms with Crippen molar-refractivity contribution in [2.75, 3.05) is 0 Å². The van der Waals surface area contributed by atoms with Crippen molar-refractivity contribution in [1.82, 2.24) is 25.5 Å². The Morgan fingerprint density at radius 2 is 1.95 bits per heavy atom. The van der Waals surface area contributed by atoms with Gasteiger partial charge in [-0.15, -0.1) is 16.4 Å². The van der Waals surface area contributed by atoms with E-state index in [1.54, 1.807) is 11.3 Å². The van der Waals surface area contributed by atoms with Gasteiger partial charge in [0.1, 0.15) is 5.82 Å². The molecule has 0 bridgehead atoms. The lowest BCUT2D eigenvalue weighted by Gasteiger charge is -2.13. The molecular weight excluding hydrogens is 286 g/mol. The van der Waals surface area contributed by atoms with Crippen LogP contribution in [0.3, 0.4) is 0 Å². The summed E-state index contributed by atoms with van der Waals surface area (Å²) in [5.74, 6) is 0.593. The summed E-state index contributed by atoms with van der Waals surface area (Å²) in [6.07, 6.45) is 0. The van der Waals surface area contributed by atoms with E-state index in [1.807, 2.05) is 41.5 Å². The van der Waals surface area contributed by atoms with Crippen molar-refractivity contribution in [2.45, 2.75) is 53.0 Å². The number of nitrogens with one attached hydrogen (secondary N) is 2. The lowest BCUT2D eigenvalue weighted by atomic mass is 9.96. The predicted octanol–water partition coefficient (Wildman–Crippen LogP) is 2.67. The Balaban J connectivity index is 2.11. The standard InChI is InChI=1S/C14H21N5OS/c1-7-10(21-9(3)15-7)8(2)16-12(20)11-17-13(19-18-11)14(4,5)6/h8H,1-6H3,(H,16,20)(H,17,18,19). The summed E-state index contributed by atoms with van der Waals surface area (Å²) in [6, 6.07) is -0.111. The van der Waals surface area contributed by atoms with E-state index < -0.39 is 0 Å². The SMILES string of the molecule is Cc1nc(C)c(C(C)NC(=O)c2n[nH]c(C(C)(C)C)n2)s1. The summed E-state index contributed by atoms with van der Waals surface area (Å²) in [5, 5.41) is 10.7. The molecule has 21 heavy (non-hydrogen) atoms. The molecule has 114 valence electrons. The molecule has 2 aromatic rings. The van der Waals surface area contributed by atoms with Crippen LogP contribution in [0.4, 0.5) is 0 Å². The van der Waals surface area contributed by atoms with Crippen molar-refractivity contribution in [3.05, 3.63) is 27.2 Å². The minimum atomic E-state index is -0.278. The zero-order chi connectivity index (χ0) is 15.8. The molecule has 1 unspecified atom stereocenters. The van der Waals surface area contributed by atoms with Crippen LogP contribution in [0.2, 0.25) is 0 Å². The number of carbonyl (C=O) groups excluding carboxylic acids is 1. The number of aromatic amines is 1. The highest BCUT2D eigenvalue weighted by atomic mass is 32.1. The quantitative estimate of drug-likeness (QED) is 0.913. The highest BCUT2D eigenvalue weighted by molar-refractivity contribution is 7.11. The lowest BCUT2D eigenvalue weighted by Crippen LogP contribution is -2.27. The first-order chi connectivity index (χ1) is 9.68. The van der Waals surface area contributed by atoms with Crippen molar-refractivity contribution in [3.8, 4) is 0 Å². The summed E-state index contributed by atoms with van der Waals surface area (Å²) >= 11 is 1.59. The van der Waals surface area contributed by atoms with Gasteiger partial charge in [-0.2, -0.15) is 0 Å². The Bertz CT molecular complexity index is 653. The molecule has 1 amide bonds. The molecule has 7 heteroatoms. The van der Waals surface area contributed by atoms with Crippen LogP contribution in [0.25, 0.3) is 0 Å². The summed E-state index contributed by atoms with van der Waals surface area (Å²) in [4.78, 5) is 21.9. The fourth-order valence-corrected chi connectivity index (χ4v) is 2.90. The third-order valence-corrected chi connectivity index (χ3v) is 4.33. The smallest absolute Gasteiger partial charge is 0.291 e. The molecule has 0 saturated heterocycles. The maximum Gasteiger partial charge on any atom is 0.291 e. The van der Waals surface area contributed by atoms with E-state index in [0.717, 1.165) is 15.6 Å². The van der Waals surface area contributed by atoms with Crippen LogP contribution in [-0.2, 0) is 5.41 Å². The molecular formula is C14H21N5OS. The van der Waals surface area contributed by atoms with E-state index >= 15 is 0 Å². The Kier molecular flexibility index (Phi) is 4.13. The van der Waals surface area contributed by atoms with Gasteiger partial charge < -0.3 is 5.32 Å². The van der Waals surface area contributed by atoms with Gasteiger partial charge in [0.25, 0.3) is 5.91 Å². The van der Waals surface area contributed by atoms with Gasteiger partial charge in [0, 0.05) is 10.3 Å². The number of thiazole rings is 1. The predicted molar refractivity (Wildman–Crippen MR) is 82.6 cm³/mol. The van der Waals surface area contributed by atoms with Crippen LogP contribution in [0.1, 0.15) is 65.8 Å². The van der Waals surface area contributed by atoms with Gasteiger partial charge >= 0.3 is 0 Å². The molecule has 0 radical (unpaired) electrons. The zero-order valence-corrected chi connectivity index (χ0v) is 14.1. The number of amides is 1. The molecule has 0 aliphatic rings. The zero-order valence-electron chi connectivity index (χ0n) is 13.2. The van der Waals surface area contributed by atoms with Crippen molar-refractivity contribution in [3.63, 3.8) is 0 Å². The molecule has 1 atom stereocenters. The van der Waals surface area contributed by atoms with Crippen molar-refractivity contribution < 1.29 is 4.79 Å². The van der Waals surface area contributed by atoms with E-state index in [0.29, 0.717) is 5.82 Å². The first-order valence-electron chi connectivity index (χ1n) is 6.86. The highest BCUT2D eigenvalue weighted by Crippen LogP contribution is 2.24. The van der Waals surface area contributed by atoms with Crippen molar-refractivity contribution >= 4 is 17.2 Å². The fourth-order valence-electron chi connectivity index (χ4n) is 1.97. The van der Waals surface area contributed by atoms with Gasteiger partial charge in [0.05, 0.1) is 16.7 Å². The van der Waals surface area contributed by atoms with E-state index in [1.165, 1.54) is 0 Å². The molecule has 0 saturated carbocycles. The molecule has 0 aliphatic heterocycles. The summed E-state index contributed by atoms with van der Waals surface area (Å²) < 4.78 is 0. The second-order valence-corrected chi connectivity index (χ2v) is 7.37. The highest BCUT2D eigenvalue weighted by Gasteiger charge is 2.23. The monoisotopic (exact) mass is 307 g/mol. The first kappa shape index (κ1) is 15.6. The fraction of sp³-hybridized carbons (Fsp3) is 0.571. The number of nitrogens with zero attached hydrogens (tertiary/aromatic N) is 3. The van der Waals surface area contributed by atoms with Crippen LogP contribution < -0.4 is 5.32 Å². The van der Waals surface area contributed by atoms with Gasteiger partial charge in [-0.05, 0) is 20.8 Å². The number of H-pyrrole nitrogens is 1. The molecule has 2 heterocycles. The molecule has 0 aliphatic carbocycles. The van der Waals surface area contributed by atoms with Crippen LogP contribution in [0, 0.1) is 13.8 Å². The molecule has 6 nitrogen and oxygen atoms in total. The van der Waals surface area contributed by atoms with Crippen LogP contribution in [-0.4, -0.2) is 26.1 Å². The minimum absolute atomic E-state index is 0.111. The Hall–Kier alpha value is -1.76. The number of hydrogen-bond donors (Lipinski definition) is 2. The third-order valence-electron chi connectivity index (χ3n) is 3.08. The average Bonchev–Trinajstić information content (AvgIpc) is 2.95. The van der Waals surface area contributed by atoms with E-state index in [4.69, 9.17) is 0 Å². The normalized spacial score (nSPS) is 13.2. The number of carbonyl (C=O) groups is 1. The molecule has 0 fully saturated rings. The summed E-state index contributed by atoms with van der Waals surface area (Å²) in [6.45, 7) is 11.9. The Labute approximate surface area is 128 Å². The first-order valence-corrected chi connectivity index (χ1v) is 7.68. The largest absolute Gasteiger partial charge is 0.342 e. The lowest BCUT2D eigenvalue weighted by molar-refractivity contribution is 0.0930. The van der Waals surface area contributed by atoms with Crippen LogP contribution >= 0.6 is 11.3 Å². The van der Waals surface area contributed by atoms with E-state index in [-0.39, 0.29) is 23.2 Å². The maximum absolute atomic E-state index is 12.2. The van der Waals surface area contributed by atoms with Gasteiger partial charge in [-0.25, -0.2) is 9.97 Å². The Morgan fingerprint density at radius 1 is 1.29 bits per heavy atom. The molecule has 0 aromatic carbocycles. The van der Waals surface area contributed by atoms with Crippen LogP contribution in [0.15, 0.2) is 0 Å².